The van der Waals surface area contributed by atoms with Crippen LogP contribution in [0.4, 0.5) is 14.5 Å². The SMILES string of the molecule is CCC(CC)=NC(=N)Nc1cnn(C2CC2(F)F)c1Cl. The number of hydrogen-bond acceptors (Lipinski definition) is 2. The minimum Gasteiger partial charge on any atom is -0.321 e. The van der Waals surface area contributed by atoms with E-state index in [1.54, 1.807) is 0 Å². The molecule has 0 radical (unpaired) electrons. The normalized spacial score (nSPS) is 19.6. The fourth-order valence-corrected chi connectivity index (χ4v) is 2.09. The molecule has 0 spiro atoms. The minimum absolute atomic E-state index is 0.0710. The zero-order valence-electron chi connectivity index (χ0n) is 11.3. The first-order chi connectivity index (χ1) is 9.39. The third kappa shape index (κ3) is 2.98. The fraction of sp³-hybridized carbons (Fsp3) is 0.583. The number of halogens is 3. The van der Waals surface area contributed by atoms with E-state index in [1.165, 1.54) is 6.20 Å². The molecule has 110 valence electrons. The molecule has 0 saturated heterocycles. The number of aromatic nitrogens is 2. The highest BCUT2D eigenvalue weighted by molar-refractivity contribution is 6.32. The summed E-state index contributed by atoms with van der Waals surface area (Å²) in [4.78, 5) is 4.09. The van der Waals surface area contributed by atoms with E-state index < -0.39 is 12.0 Å². The third-order valence-electron chi connectivity index (χ3n) is 3.16. The highest BCUT2D eigenvalue weighted by Crippen LogP contribution is 2.53. The molecule has 1 atom stereocenters. The van der Waals surface area contributed by atoms with Crippen LogP contribution in [0.1, 0.15) is 39.2 Å². The predicted molar refractivity (Wildman–Crippen MR) is 75.2 cm³/mol. The summed E-state index contributed by atoms with van der Waals surface area (Å²) in [6.45, 7) is 3.91. The standard InChI is InChI=1S/C12H16ClF2N5/c1-3-7(4-2)18-11(16)19-8-6-17-20(10(8)13)9-5-12(9,14)15/h6,9H,3-5H2,1-2H3,(H2,16,19). The van der Waals surface area contributed by atoms with Gasteiger partial charge in [-0.2, -0.15) is 5.10 Å². The Hall–Kier alpha value is -1.50. The lowest BCUT2D eigenvalue weighted by Gasteiger charge is -2.05. The Morgan fingerprint density at radius 2 is 2.20 bits per heavy atom. The Labute approximate surface area is 120 Å². The van der Waals surface area contributed by atoms with E-state index in [2.05, 4.69) is 15.4 Å². The smallest absolute Gasteiger partial charge is 0.272 e. The van der Waals surface area contributed by atoms with Crippen LogP contribution in [0.25, 0.3) is 0 Å². The van der Waals surface area contributed by atoms with E-state index in [0.29, 0.717) is 5.69 Å². The number of anilines is 1. The summed E-state index contributed by atoms with van der Waals surface area (Å²) in [5.74, 6) is -2.82. The van der Waals surface area contributed by atoms with Gasteiger partial charge >= 0.3 is 0 Å². The third-order valence-corrected chi connectivity index (χ3v) is 3.54. The highest BCUT2D eigenvalue weighted by atomic mass is 35.5. The molecule has 1 fully saturated rings. The van der Waals surface area contributed by atoms with Crippen molar-refractivity contribution in [3.63, 3.8) is 0 Å². The monoisotopic (exact) mass is 303 g/mol. The van der Waals surface area contributed by atoms with Gasteiger partial charge in [0.15, 0.2) is 5.15 Å². The maximum Gasteiger partial charge on any atom is 0.272 e. The van der Waals surface area contributed by atoms with Crippen molar-refractivity contribution >= 4 is 29.0 Å². The van der Waals surface area contributed by atoms with Gasteiger partial charge in [-0.1, -0.05) is 25.4 Å². The molecular formula is C12H16ClF2N5. The Morgan fingerprint density at radius 1 is 1.60 bits per heavy atom. The molecule has 0 aromatic carbocycles. The van der Waals surface area contributed by atoms with Crippen LogP contribution in [-0.4, -0.2) is 27.4 Å². The van der Waals surface area contributed by atoms with E-state index in [0.717, 1.165) is 23.2 Å². The quantitative estimate of drug-likeness (QED) is 0.657. The Morgan fingerprint density at radius 3 is 2.70 bits per heavy atom. The van der Waals surface area contributed by atoms with Gasteiger partial charge in [-0.15, -0.1) is 0 Å². The van der Waals surface area contributed by atoms with Gasteiger partial charge in [0.1, 0.15) is 6.04 Å². The molecule has 2 rings (SSSR count). The van der Waals surface area contributed by atoms with E-state index in [4.69, 9.17) is 17.0 Å². The van der Waals surface area contributed by atoms with Crippen LogP contribution in [-0.2, 0) is 0 Å². The molecule has 0 aliphatic heterocycles. The number of alkyl halides is 2. The molecule has 1 saturated carbocycles. The second-order valence-electron chi connectivity index (χ2n) is 4.63. The summed E-state index contributed by atoms with van der Waals surface area (Å²) >= 11 is 5.99. The van der Waals surface area contributed by atoms with Crippen LogP contribution in [0.2, 0.25) is 5.15 Å². The van der Waals surface area contributed by atoms with Crippen LogP contribution in [0.15, 0.2) is 11.2 Å². The summed E-state index contributed by atoms with van der Waals surface area (Å²) in [6, 6.07) is -0.981. The topological polar surface area (TPSA) is 66.1 Å². The summed E-state index contributed by atoms with van der Waals surface area (Å²) in [5, 5.41) is 14.3. The Balaban J connectivity index is 2.08. The van der Waals surface area contributed by atoms with Crippen LogP contribution in [0.5, 0.6) is 0 Å². The molecular weight excluding hydrogens is 288 g/mol. The number of rotatable bonds is 4. The van der Waals surface area contributed by atoms with Crippen molar-refractivity contribution in [2.24, 2.45) is 4.99 Å². The minimum atomic E-state index is -2.74. The first kappa shape index (κ1) is 14.9. The van der Waals surface area contributed by atoms with Gasteiger partial charge in [0.05, 0.1) is 11.9 Å². The average Bonchev–Trinajstić information content (AvgIpc) is 2.88. The molecule has 0 amide bonds. The summed E-state index contributed by atoms with van der Waals surface area (Å²) < 4.78 is 27.1. The molecule has 5 nitrogen and oxygen atoms in total. The second-order valence-corrected chi connectivity index (χ2v) is 4.99. The number of nitrogens with zero attached hydrogens (tertiary/aromatic N) is 3. The van der Waals surface area contributed by atoms with Gasteiger partial charge in [0.2, 0.25) is 5.96 Å². The number of guanidine groups is 1. The van der Waals surface area contributed by atoms with E-state index in [-0.39, 0.29) is 17.5 Å². The summed E-state index contributed by atoms with van der Waals surface area (Å²) in [7, 11) is 0. The van der Waals surface area contributed by atoms with Crippen molar-refractivity contribution in [3.05, 3.63) is 11.3 Å². The number of hydrogen-bond donors (Lipinski definition) is 2. The van der Waals surface area contributed by atoms with E-state index in [9.17, 15) is 8.78 Å². The molecule has 1 heterocycles. The molecule has 1 aromatic heterocycles. The fourth-order valence-electron chi connectivity index (χ4n) is 1.83. The molecule has 2 N–H and O–H groups in total. The van der Waals surface area contributed by atoms with Gasteiger partial charge < -0.3 is 5.32 Å². The molecule has 0 bridgehead atoms. The Kier molecular flexibility index (Phi) is 4.08. The molecule has 1 unspecified atom stereocenters. The van der Waals surface area contributed by atoms with Crippen molar-refractivity contribution in [1.29, 1.82) is 5.41 Å². The van der Waals surface area contributed by atoms with Crippen molar-refractivity contribution in [3.8, 4) is 0 Å². The first-order valence-electron chi connectivity index (χ1n) is 6.41. The van der Waals surface area contributed by atoms with Crippen molar-refractivity contribution < 1.29 is 8.78 Å². The van der Waals surface area contributed by atoms with E-state index >= 15 is 0 Å². The van der Waals surface area contributed by atoms with Gasteiger partial charge in [-0.3, -0.25) is 5.41 Å². The van der Waals surface area contributed by atoms with Crippen molar-refractivity contribution in [1.82, 2.24) is 9.78 Å². The lowest BCUT2D eigenvalue weighted by molar-refractivity contribution is 0.0984. The van der Waals surface area contributed by atoms with Crippen LogP contribution in [0, 0.1) is 5.41 Å². The molecule has 1 aromatic rings. The number of aliphatic imine (C=N–C) groups is 1. The van der Waals surface area contributed by atoms with Gasteiger partial charge in [-0.25, -0.2) is 18.5 Å². The van der Waals surface area contributed by atoms with Crippen LogP contribution < -0.4 is 5.32 Å². The van der Waals surface area contributed by atoms with Gasteiger partial charge in [0, 0.05) is 12.1 Å². The predicted octanol–water partition coefficient (Wildman–Crippen LogP) is 3.72. The Bertz CT molecular complexity index is 546. The highest BCUT2D eigenvalue weighted by Gasteiger charge is 2.59. The van der Waals surface area contributed by atoms with Crippen LogP contribution in [0.3, 0.4) is 0 Å². The van der Waals surface area contributed by atoms with Crippen LogP contribution >= 0.6 is 11.6 Å². The molecule has 8 heteroatoms. The lowest BCUT2D eigenvalue weighted by Crippen LogP contribution is -2.11. The maximum absolute atomic E-state index is 13.0. The number of nitrogens with one attached hydrogen (secondary N) is 2. The zero-order valence-corrected chi connectivity index (χ0v) is 12.0. The van der Waals surface area contributed by atoms with E-state index in [1.807, 2.05) is 13.8 Å². The largest absolute Gasteiger partial charge is 0.321 e. The maximum atomic E-state index is 13.0. The van der Waals surface area contributed by atoms with Crippen molar-refractivity contribution in [2.75, 3.05) is 5.32 Å². The van der Waals surface area contributed by atoms with Crippen molar-refractivity contribution in [2.45, 2.75) is 45.1 Å². The van der Waals surface area contributed by atoms with Gasteiger partial charge in [0.25, 0.3) is 5.92 Å². The summed E-state index contributed by atoms with van der Waals surface area (Å²) in [5.41, 5.74) is 1.19. The molecule has 1 aliphatic carbocycles. The lowest BCUT2D eigenvalue weighted by atomic mass is 10.2. The van der Waals surface area contributed by atoms with Gasteiger partial charge in [-0.05, 0) is 12.8 Å². The summed E-state index contributed by atoms with van der Waals surface area (Å²) in [6.07, 6.45) is 2.58. The molecule has 20 heavy (non-hydrogen) atoms. The second kappa shape index (κ2) is 5.47. The molecule has 1 aliphatic rings. The zero-order chi connectivity index (χ0) is 14.9. The average molecular weight is 304 g/mol. The first-order valence-corrected chi connectivity index (χ1v) is 6.79.